The standard InChI is InChI=1S/C24H22NO3PS/c1-18(26)25-23(30)22(24(27)28-2)29(19-12-6-3-7-13-19,20-14-8-4-9-15-20)21-16-10-5-11-17-21/h3-17H,1-2H3,(H-,25,26,27,30)/p+1. The number of thiol groups is 1. The molecule has 0 aromatic heterocycles. The van der Waals surface area contributed by atoms with Crippen LogP contribution >= 0.6 is 19.9 Å². The van der Waals surface area contributed by atoms with Crippen molar-refractivity contribution in [2.24, 2.45) is 0 Å². The summed E-state index contributed by atoms with van der Waals surface area (Å²) in [5, 5.41) is 6.11. The highest BCUT2D eigenvalue weighted by Crippen LogP contribution is 2.63. The van der Waals surface area contributed by atoms with Gasteiger partial charge in [0.05, 0.1) is 7.11 Å². The average molecular weight is 436 g/mol. The third-order valence-electron chi connectivity index (χ3n) is 4.66. The Hall–Kier alpha value is -2.88. The molecule has 6 heteroatoms. The third kappa shape index (κ3) is 4.18. The highest BCUT2D eigenvalue weighted by Gasteiger charge is 2.54. The quantitative estimate of drug-likeness (QED) is 0.270. The van der Waals surface area contributed by atoms with Crippen molar-refractivity contribution >= 4 is 47.7 Å². The maximum absolute atomic E-state index is 13.2. The highest BCUT2D eigenvalue weighted by atomic mass is 32.1. The molecule has 3 aromatic rings. The molecule has 0 aliphatic rings. The summed E-state index contributed by atoms with van der Waals surface area (Å²) in [6.07, 6.45) is 0. The Morgan fingerprint density at radius 2 is 1.13 bits per heavy atom. The zero-order chi connectivity index (χ0) is 21.6. The fraction of sp³-hybridized carbons (Fsp3) is 0.0833. The van der Waals surface area contributed by atoms with Gasteiger partial charge in [0.1, 0.15) is 20.9 Å². The van der Waals surface area contributed by atoms with E-state index in [2.05, 4.69) is 17.9 Å². The first-order valence-corrected chi connectivity index (χ1v) is 11.6. The summed E-state index contributed by atoms with van der Waals surface area (Å²) in [6, 6.07) is 29.5. The van der Waals surface area contributed by atoms with E-state index < -0.39 is 13.2 Å². The number of hydrogen-bond donors (Lipinski definition) is 2. The molecule has 0 radical (unpaired) electrons. The third-order valence-corrected chi connectivity index (χ3v) is 9.47. The van der Waals surface area contributed by atoms with Crippen LogP contribution in [-0.4, -0.2) is 19.0 Å². The van der Waals surface area contributed by atoms with E-state index in [0.29, 0.717) is 5.31 Å². The molecule has 1 amide bonds. The van der Waals surface area contributed by atoms with Gasteiger partial charge >= 0.3 is 5.97 Å². The van der Waals surface area contributed by atoms with Crippen molar-refractivity contribution in [2.45, 2.75) is 6.92 Å². The Morgan fingerprint density at radius 3 is 1.43 bits per heavy atom. The van der Waals surface area contributed by atoms with Gasteiger partial charge < -0.3 is 10.1 Å². The van der Waals surface area contributed by atoms with E-state index in [1.165, 1.54) is 14.0 Å². The molecule has 0 saturated heterocycles. The number of benzene rings is 3. The summed E-state index contributed by atoms with van der Waals surface area (Å²) >= 11 is 4.58. The van der Waals surface area contributed by atoms with E-state index in [9.17, 15) is 9.59 Å². The lowest BCUT2D eigenvalue weighted by Crippen LogP contribution is -2.36. The molecule has 0 atom stereocenters. The van der Waals surface area contributed by atoms with E-state index in [0.717, 1.165) is 15.9 Å². The summed E-state index contributed by atoms with van der Waals surface area (Å²) in [5.74, 6) is -0.840. The lowest BCUT2D eigenvalue weighted by molar-refractivity contribution is -0.135. The first-order chi connectivity index (χ1) is 14.5. The van der Waals surface area contributed by atoms with Crippen molar-refractivity contribution in [2.75, 3.05) is 7.11 Å². The van der Waals surface area contributed by atoms with E-state index in [4.69, 9.17) is 4.74 Å². The Balaban J connectivity index is 2.53. The molecule has 0 aliphatic carbocycles. The van der Waals surface area contributed by atoms with E-state index >= 15 is 0 Å². The molecule has 0 heterocycles. The van der Waals surface area contributed by atoms with Gasteiger partial charge in [-0.3, -0.25) is 4.79 Å². The van der Waals surface area contributed by atoms with Crippen LogP contribution in [0.4, 0.5) is 0 Å². The molecule has 0 fully saturated rings. The van der Waals surface area contributed by atoms with E-state index in [1.54, 1.807) is 0 Å². The number of rotatable bonds is 6. The molecule has 152 valence electrons. The zero-order valence-corrected chi connectivity index (χ0v) is 18.6. The molecule has 0 saturated carbocycles. The van der Waals surface area contributed by atoms with Gasteiger partial charge in [-0.1, -0.05) is 54.6 Å². The van der Waals surface area contributed by atoms with Gasteiger partial charge in [0.2, 0.25) is 11.2 Å². The van der Waals surface area contributed by atoms with Crippen LogP contribution in [0.2, 0.25) is 0 Å². The minimum absolute atomic E-state index is 0.194. The predicted octanol–water partition coefficient (Wildman–Crippen LogP) is 3.39. The van der Waals surface area contributed by atoms with Gasteiger partial charge in [-0.2, -0.15) is 0 Å². The molecule has 30 heavy (non-hydrogen) atoms. The fourth-order valence-electron chi connectivity index (χ4n) is 3.50. The SMILES string of the molecule is COC(=O)/C(=C(/S)NC(C)=O)[P+](c1ccccc1)(c1ccccc1)c1ccccc1. The predicted molar refractivity (Wildman–Crippen MR) is 127 cm³/mol. The number of carbonyl (C=O) groups excluding carboxylic acids is 2. The van der Waals surface area contributed by atoms with Gasteiger partial charge in [-0.15, -0.1) is 12.6 Å². The summed E-state index contributed by atoms with van der Waals surface area (Å²) in [7, 11) is -1.39. The van der Waals surface area contributed by atoms with Crippen molar-refractivity contribution < 1.29 is 14.3 Å². The first kappa shape index (κ1) is 21.8. The summed E-state index contributed by atoms with van der Waals surface area (Å²) < 4.78 is 5.22. The molecule has 3 aromatic carbocycles. The maximum Gasteiger partial charge on any atom is 0.377 e. The molecule has 0 aliphatic heterocycles. The summed E-state index contributed by atoms with van der Waals surface area (Å²) in [6.45, 7) is 1.39. The van der Waals surface area contributed by atoms with Crippen LogP contribution in [0.1, 0.15) is 6.92 Å². The van der Waals surface area contributed by atoms with E-state index in [-0.39, 0.29) is 10.9 Å². The molecular weight excluding hydrogens is 413 g/mol. The van der Waals surface area contributed by atoms with Gasteiger partial charge in [-0.05, 0) is 36.4 Å². The second kappa shape index (κ2) is 9.75. The van der Waals surface area contributed by atoms with Crippen molar-refractivity contribution in [3.8, 4) is 0 Å². The van der Waals surface area contributed by atoms with Gasteiger partial charge in [0.15, 0.2) is 7.26 Å². The second-order valence-corrected chi connectivity index (χ2v) is 10.3. The molecule has 3 rings (SSSR count). The summed E-state index contributed by atoms with van der Waals surface area (Å²) in [4.78, 5) is 25.1. The molecule has 4 nitrogen and oxygen atoms in total. The minimum Gasteiger partial charge on any atom is -0.463 e. The van der Waals surface area contributed by atoms with Crippen molar-refractivity contribution in [3.63, 3.8) is 0 Å². The zero-order valence-electron chi connectivity index (χ0n) is 16.8. The molecule has 1 N–H and O–H groups in total. The lowest BCUT2D eigenvalue weighted by Gasteiger charge is -2.29. The first-order valence-electron chi connectivity index (χ1n) is 9.37. The number of methoxy groups -OCH3 is 1. The van der Waals surface area contributed by atoms with Crippen LogP contribution in [0.25, 0.3) is 0 Å². The number of nitrogens with one attached hydrogen (secondary N) is 1. The normalized spacial score (nSPS) is 12.0. The van der Waals surface area contributed by atoms with Gasteiger partial charge in [0, 0.05) is 6.92 Å². The van der Waals surface area contributed by atoms with Crippen LogP contribution in [0, 0.1) is 0 Å². The average Bonchev–Trinajstić information content (AvgIpc) is 2.78. The Kier molecular flexibility index (Phi) is 7.09. The maximum atomic E-state index is 13.2. The van der Waals surface area contributed by atoms with Gasteiger partial charge in [0.25, 0.3) is 0 Å². The molecule has 0 unspecified atom stereocenters. The smallest absolute Gasteiger partial charge is 0.377 e. The van der Waals surface area contributed by atoms with Crippen LogP contribution < -0.4 is 21.2 Å². The van der Waals surface area contributed by atoms with Crippen LogP contribution in [0.3, 0.4) is 0 Å². The topological polar surface area (TPSA) is 55.4 Å². The van der Waals surface area contributed by atoms with Crippen molar-refractivity contribution in [1.82, 2.24) is 5.32 Å². The van der Waals surface area contributed by atoms with Crippen molar-refractivity contribution in [1.29, 1.82) is 0 Å². The molecular formula is C24H23NO3PS+. The Labute approximate surface area is 182 Å². The van der Waals surface area contributed by atoms with Crippen molar-refractivity contribution in [3.05, 3.63) is 101 Å². The Bertz CT molecular complexity index is 957. The number of esters is 1. The molecule has 0 bridgehead atoms. The largest absolute Gasteiger partial charge is 0.463 e. The highest BCUT2D eigenvalue weighted by molar-refractivity contribution is 8.00. The Morgan fingerprint density at radius 1 is 0.767 bits per heavy atom. The van der Waals surface area contributed by atoms with Crippen LogP contribution in [0.5, 0.6) is 0 Å². The minimum atomic E-state index is -2.73. The number of carbonyl (C=O) groups is 2. The monoisotopic (exact) mass is 436 g/mol. The van der Waals surface area contributed by atoms with Gasteiger partial charge in [-0.25, -0.2) is 4.79 Å². The van der Waals surface area contributed by atoms with Crippen LogP contribution in [-0.2, 0) is 14.3 Å². The number of hydrogen-bond acceptors (Lipinski definition) is 4. The number of amides is 1. The number of ether oxygens (including phenoxy) is 1. The van der Waals surface area contributed by atoms with Crippen LogP contribution in [0.15, 0.2) is 101 Å². The summed E-state index contributed by atoms with van der Waals surface area (Å²) in [5.41, 5.74) is 0. The van der Waals surface area contributed by atoms with E-state index in [1.807, 2.05) is 91.0 Å². The molecule has 0 spiro atoms. The fourth-order valence-corrected chi connectivity index (χ4v) is 8.47. The second-order valence-electron chi connectivity index (χ2n) is 6.55. The lowest BCUT2D eigenvalue weighted by atomic mass is 10.3.